The highest BCUT2D eigenvalue weighted by molar-refractivity contribution is 9.10. The van der Waals surface area contributed by atoms with E-state index in [0.717, 1.165) is 15.7 Å². The monoisotopic (exact) mass is 352 g/mol. The van der Waals surface area contributed by atoms with Gasteiger partial charge in [0.1, 0.15) is 11.6 Å². The molecule has 1 saturated heterocycles. The fourth-order valence-corrected chi connectivity index (χ4v) is 3.21. The van der Waals surface area contributed by atoms with E-state index in [4.69, 9.17) is 0 Å². The van der Waals surface area contributed by atoms with Crippen molar-refractivity contribution in [1.29, 1.82) is 0 Å². The second kappa shape index (κ2) is 5.79. The maximum Gasteiger partial charge on any atom is 0.253 e. The molecule has 0 aliphatic carbocycles. The summed E-state index contributed by atoms with van der Waals surface area (Å²) in [5.74, 6) is -0.141. The maximum atomic E-state index is 13.0. The van der Waals surface area contributed by atoms with Crippen LogP contribution in [0.1, 0.15) is 39.2 Å². The average molecular weight is 353 g/mol. The molecule has 1 aromatic carbocycles. The highest BCUT2D eigenvalue weighted by Crippen LogP contribution is 2.34. The van der Waals surface area contributed by atoms with E-state index in [1.807, 2.05) is 39.0 Å². The average Bonchev–Trinajstić information content (AvgIpc) is 2.47. The van der Waals surface area contributed by atoms with Gasteiger partial charge >= 0.3 is 0 Å². The van der Waals surface area contributed by atoms with Gasteiger partial charge in [-0.3, -0.25) is 14.5 Å². The molecule has 1 N–H and O–H groups in total. The largest absolute Gasteiger partial charge is 0.340 e. The van der Waals surface area contributed by atoms with Crippen LogP contribution in [0.2, 0.25) is 0 Å². The normalized spacial score (nSPS) is 21.4. The molecule has 0 radical (unpaired) electrons. The Morgan fingerprint density at radius 1 is 1.29 bits per heavy atom. The molecule has 0 spiro atoms. The lowest BCUT2D eigenvalue weighted by molar-refractivity contribution is -0.138. The van der Waals surface area contributed by atoms with Crippen LogP contribution in [-0.2, 0) is 9.59 Å². The van der Waals surface area contributed by atoms with Crippen molar-refractivity contribution < 1.29 is 9.59 Å². The molecule has 4 nitrogen and oxygen atoms in total. The number of nitrogens with one attached hydrogen (secondary N) is 1. The molecular weight excluding hydrogens is 332 g/mol. The Labute approximate surface area is 134 Å². The van der Waals surface area contributed by atoms with Gasteiger partial charge in [0.25, 0.3) is 5.91 Å². The number of amides is 2. The van der Waals surface area contributed by atoms with Crippen LogP contribution in [0.5, 0.6) is 0 Å². The summed E-state index contributed by atoms with van der Waals surface area (Å²) in [6.45, 7) is 7.60. The van der Waals surface area contributed by atoms with E-state index in [0.29, 0.717) is 12.8 Å². The third-order valence-corrected chi connectivity index (χ3v) is 5.00. The highest BCUT2D eigenvalue weighted by atomic mass is 79.9. The summed E-state index contributed by atoms with van der Waals surface area (Å²) in [6.07, 6.45) is 1.17. The molecule has 1 heterocycles. The number of carbonyl (C=O) groups excluding carboxylic acids is 2. The first kappa shape index (κ1) is 16.0. The van der Waals surface area contributed by atoms with Crippen molar-refractivity contribution in [3.05, 3.63) is 28.2 Å². The third kappa shape index (κ3) is 2.59. The molecule has 0 saturated carbocycles. The van der Waals surface area contributed by atoms with Gasteiger partial charge in [-0.1, -0.05) is 19.9 Å². The van der Waals surface area contributed by atoms with Crippen LogP contribution in [0.15, 0.2) is 22.7 Å². The van der Waals surface area contributed by atoms with Crippen LogP contribution >= 0.6 is 15.9 Å². The second-order valence-electron chi connectivity index (χ2n) is 5.58. The Hall–Kier alpha value is -1.36. The van der Waals surface area contributed by atoms with Crippen molar-refractivity contribution in [2.45, 2.75) is 52.1 Å². The summed E-state index contributed by atoms with van der Waals surface area (Å²) in [7, 11) is 0. The standard InChI is InChI=1S/C16H21BrN2O2/c1-5-16(6-2)15(21)19(11(4)14(20)18-16)13-9-10(3)7-8-12(13)17/h7-9,11H,5-6H2,1-4H3,(H,18,20). The van der Waals surface area contributed by atoms with Gasteiger partial charge in [-0.15, -0.1) is 0 Å². The zero-order valence-electron chi connectivity index (χ0n) is 12.9. The van der Waals surface area contributed by atoms with E-state index in [2.05, 4.69) is 21.2 Å². The molecule has 0 bridgehead atoms. The van der Waals surface area contributed by atoms with Gasteiger partial charge in [-0.25, -0.2) is 0 Å². The van der Waals surface area contributed by atoms with Crippen molar-refractivity contribution >= 4 is 33.4 Å². The lowest BCUT2D eigenvalue weighted by atomic mass is 9.87. The van der Waals surface area contributed by atoms with Crippen LogP contribution in [0, 0.1) is 6.92 Å². The summed E-state index contributed by atoms with van der Waals surface area (Å²) in [5, 5.41) is 2.92. The Kier molecular flexibility index (Phi) is 4.42. The number of hydrogen-bond donors (Lipinski definition) is 1. The number of rotatable bonds is 3. The van der Waals surface area contributed by atoms with Crippen LogP contribution in [0.25, 0.3) is 0 Å². The van der Waals surface area contributed by atoms with Gasteiger partial charge in [0.2, 0.25) is 5.91 Å². The SMILES string of the molecule is CCC1(CC)NC(=O)C(C)N(c2cc(C)ccc2Br)C1=O. The molecule has 1 atom stereocenters. The molecule has 1 unspecified atom stereocenters. The molecule has 0 aromatic heterocycles. The lowest BCUT2D eigenvalue weighted by Crippen LogP contribution is -2.69. The summed E-state index contributed by atoms with van der Waals surface area (Å²) >= 11 is 3.50. The fraction of sp³-hybridized carbons (Fsp3) is 0.500. The van der Waals surface area contributed by atoms with E-state index in [-0.39, 0.29) is 11.8 Å². The molecule has 5 heteroatoms. The second-order valence-corrected chi connectivity index (χ2v) is 6.44. The smallest absolute Gasteiger partial charge is 0.253 e. The van der Waals surface area contributed by atoms with Gasteiger partial charge < -0.3 is 5.32 Å². The first-order valence-corrected chi connectivity index (χ1v) is 8.07. The Morgan fingerprint density at radius 3 is 2.48 bits per heavy atom. The topological polar surface area (TPSA) is 49.4 Å². The minimum atomic E-state index is -0.799. The highest BCUT2D eigenvalue weighted by Gasteiger charge is 2.48. The van der Waals surface area contributed by atoms with Crippen molar-refractivity contribution in [2.24, 2.45) is 0 Å². The Balaban J connectivity index is 2.56. The lowest BCUT2D eigenvalue weighted by Gasteiger charge is -2.44. The van der Waals surface area contributed by atoms with E-state index in [9.17, 15) is 9.59 Å². The number of benzene rings is 1. The molecule has 2 amide bonds. The molecule has 1 fully saturated rings. The minimum absolute atomic E-state index is 0.0362. The molecule has 2 rings (SSSR count). The maximum absolute atomic E-state index is 13.0. The van der Waals surface area contributed by atoms with Gasteiger partial charge in [-0.2, -0.15) is 0 Å². The summed E-state index contributed by atoms with van der Waals surface area (Å²) < 4.78 is 0.823. The first-order valence-electron chi connectivity index (χ1n) is 7.28. The van der Waals surface area contributed by atoms with E-state index in [1.165, 1.54) is 0 Å². The van der Waals surface area contributed by atoms with E-state index < -0.39 is 11.6 Å². The summed E-state index contributed by atoms with van der Waals surface area (Å²) in [6, 6.07) is 5.31. The van der Waals surface area contributed by atoms with E-state index >= 15 is 0 Å². The third-order valence-electron chi connectivity index (χ3n) is 4.33. The van der Waals surface area contributed by atoms with Gasteiger partial charge in [0.05, 0.1) is 5.69 Å². The van der Waals surface area contributed by atoms with Crippen LogP contribution in [-0.4, -0.2) is 23.4 Å². The van der Waals surface area contributed by atoms with Crippen molar-refractivity contribution in [3.8, 4) is 0 Å². The fourth-order valence-electron chi connectivity index (χ4n) is 2.77. The summed E-state index contributed by atoms with van der Waals surface area (Å²) in [5.41, 5.74) is 1.01. The number of carbonyl (C=O) groups is 2. The molecular formula is C16H21BrN2O2. The van der Waals surface area contributed by atoms with Crippen LogP contribution in [0.4, 0.5) is 5.69 Å². The molecule has 114 valence electrons. The predicted molar refractivity (Wildman–Crippen MR) is 87.3 cm³/mol. The van der Waals surface area contributed by atoms with Crippen LogP contribution in [0.3, 0.4) is 0 Å². The summed E-state index contributed by atoms with van der Waals surface area (Å²) in [4.78, 5) is 27.0. The van der Waals surface area contributed by atoms with Gasteiger partial charge in [0.15, 0.2) is 0 Å². The Morgan fingerprint density at radius 2 is 1.90 bits per heavy atom. The minimum Gasteiger partial charge on any atom is -0.340 e. The van der Waals surface area contributed by atoms with E-state index in [1.54, 1.807) is 11.8 Å². The van der Waals surface area contributed by atoms with Crippen molar-refractivity contribution in [1.82, 2.24) is 5.32 Å². The molecule has 1 aliphatic heterocycles. The number of piperazine rings is 1. The van der Waals surface area contributed by atoms with Gasteiger partial charge in [0, 0.05) is 4.47 Å². The number of anilines is 1. The zero-order chi connectivity index (χ0) is 15.8. The number of hydrogen-bond acceptors (Lipinski definition) is 2. The number of halogens is 1. The first-order chi connectivity index (χ1) is 9.86. The number of aryl methyl sites for hydroxylation is 1. The van der Waals surface area contributed by atoms with Crippen molar-refractivity contribution in [2.75, 3.05) is 4.90 Å². The molecule has 21 heavy (non-hydrogen) atoms. The number of nitrogens with zero attached hydrogens (tertiary/aromatic N) is 1. The van der Waals surface area contributed by atoms with Crippen LogP contribution < -0.4 is 10.2 Å². The zero-order valence-corrected chi connectivity index (χ0v) is 14.5. The molecule has 1 aromatic rings. The quantitative estimate of drug-likeness (QED) is 0.908. The van der Waals surface area contributed by atoms with Gasteiger partial charge in [-0.05, 0) is 60.3 Å². The Bertz CT molecular complexity index is 582. The predicted octanol–water partition coefficient (Wildman–Crippen LogP) is 3.17. The van der Waals surface area contributed by atoms with Crippen molar-refractivity contribution in [3.63, 3.8) is 0 Å². The molecule has 1 aliphatic rings.